The number of hydrogen-bond acceptors (Lipinski definition) is 3. The number of halogens is 1. The molecule has 1 aromatic carbocycles. The van der Waals surface area contributed by atoms with E-state index in [1.54, 1.807) is 12.1 Å². The quantitative estimate of drug-likeness (QED) is 0.591. The first-order chi connectivity index (χ1) is 9.94. The topological polar surface area (TPSA) is 43.4 Å². The first-order valence-electron chi connectivity index (χ1n) is 7.61. The van der Waals surface area contributed by atoms with E-state index in [4.69, 9.17) is 15.8 Å². The second-order valence-electron chi connectivity index (χ2n) is 5.77. The molecule has 3 atom stereocenters. The molecule has 1 aliphatic carbocycles. The second kappa shape index (κ2) is 7.12. The number of rotatable bonds is 5. The highest BCUT2D eigenvalue weighted by molar-refractivity contribution is 7.86. The fraction of sp³-hybridized carbons (Fsp3) is 0.625. The van der Waals surface area contributed by atoms with Crippen molar-refractivity contribution in [3.63, 3.8) is 0 Å². The minimum absolute atomic E-state index is 0.212. The van der Waals surface area contributed by atoms with Gasteiger partial charge in [0.25, 0.3) is 10.1 Å². The average Bonchev–Trinajstić information content (AvgIpc) is 2.49. The Hall–Kier alpha value is -0.580. The third-order valence-electron chi connectivity index (χ3n) is 4.22. The minimum atomic E-state index is -3.73. The molecule has 1 fully saturated rings. The Bertz CT molecular complexity index is 553. The Kier molecular flexibility index (Phi) is 5.69. The lowest BCUT2D eigenvalue weighted by Crippen LogP contribution is -2.30. The Balaban J connectivity index is 2.12. The van der Waals surface area contributed by atoms with E-state index in [0.717, 1.165) is 31.2 Å². The standard InChI is InChI=1S/C16H23ClO3S/c1-3-12(2)13-8-10-14(11-9-13)21(18,19)20-16-7-5-4-6-15(16)17/h8-12,15-16H,3-7H2,1-2H3. The monoisotopic (exact) mass is 330 g/mol. The molecule has 0 heterocycles. The summed E-state index contributed by atoms with van der Waals surface area (Å²) in [6.07, 6.45) is 4.15. The van der Waals surface area contributed by atoms with Crippen molar-refractivity contribution in [1.29, 1.82) is 0 Å². The summed E-state index contributed by atoms with van der Waals surface area (Å²) >= 11 is 6.17. The van der Waals surface area contributed by atoms with Crippen LogP contribution in [0.25, 0.3) is 0 Å². The van der Waals surface area contributed by atoms with Gasteiger partial charge in [0.05, 0.1) is 16.4 Å². The van der Waals surface area contributed by atoms with Crippen molar-refractivity contribution in [3.8, 4) is 0 Å². The van der Waals surface area contributed by atoms with E-state index < -0.39 is 16.2 Å². The van der Waals surface area contributed by atoms with Crippen LogP contribution in [-0.2, 0) is 14.3 Å². The van der Waals surface area contributed by atoms with Gasteiger partial charge in [-0.15, -0.1) is 11.6 Å². The van der Waals surface area contributed by atoms with Gasteiger partial charge in [-0.05, 0) is 42.9 Å². The van der Waals surface area contributed by atoms with Crippen LogP contribution in [0.4, 0.5) is 0 Å². The van der Waals surface area contributed by atoms with E-state index in [0.29, 0.717) is 12.3 Å². The Labute approximate surface area is 132 Å². The number of alkyl halides is 1. The van der Waals surface area contributed by atoms with Gasteiger partial charge in [-0.25, -0.2) is 0 Å². The molecule has 2 rings (SSSR count). The fourth-order valence-electron chi connectivity index (χ4n) is 2.58. The van der Waals surface area contributed by atoms with Gasteiger partial charge in [0, 0.05) is 0 Å². The van der Waals surface area contributed by atoms with Crippen LogP contribution in [-0.4, -0.2) is 19.9 Å². The second-order valence-corrected chi connectivity index (χ2v) is 7.90. The molecule has 0 aliphatic heterocycles. The third-order valence-corrected chi connectivity index (χ3v) is 6.07. The molecule has 0 amide bonds. The molecule has 0 aromatic heterocycles. The summed E-state index contributed by atoms with van der Waals surface area (Å²) in [5.41, 5.74) is 1.14. The molecule has 5 heteroatoms. The van der Waals surface area contributed by atoms with Crippen LogP contribution in [0.1, 0.15) is 57.4 Å². The normalized spacial score (nSPS) is 24.7. The fourth-order valence-corrected chi connectivity index (χ4v) is 4.11. The molecule has 0 bridgehead atoms. The molecule has 118 valence electrons. The van der Waals surface area contributed by atoms with Crippen LogP contribution in [0.15, 0.2) is 29.2 Å². The van der Waals surface area contributed by atoms with Crippen molar-refractivity contribution in [2.24, 2.45) is 0 Å². The predicted octanol–water partition coefficient (Wildman–Crippen LogP) is 4.46. The van der Waals surface area contributed by atoms with Gasteiger partial charge in [0.15, 0.2) is 0 Å². The summed E-state index contributed by atoms with van der Waals surface area (Å²) in [5, 5.41) is -0.215. The Morgan fingerprint density at radius 3 is 2.43 bits per heavy atom. The summed E-state index contributed by atoms with van der Waals surface area (Å²) in [5.74, 6) is 0.424. The van der Waals surface area contributed by atoms with Crippen molar-refractivity contribution in [3.05, 3.63) is 29.8 Å². The van der Waals surface area contributed by atoms with Crippen LogP contribution in [0.2, 0.25) is 0 Å². The van der Waals surface area contributed by atoms with Gasteiger partial charge in [-0.2, -0.15) is 8.42 Å². The predicted molar refractivity (Wildman–Crippen MR) is 85.3 cm³/mol. The van der Waals surface area contributed by atoms with E-state index in [9.17, 15) is 8.42 Å². The van der Waals surface area contributed by atoms with E-state index in [2.05, 4.69) is 13.8 Å². The van der Waals surface area contributed by atoms with E-state index >= 15 is 0 Å². The van der Waals surface area contributed by atoms with E-state index in [1.165, 1.54) is 0 Å². The SMILES string of the molecule is CCC(C)c1ccc(S(=O)(=O)OC2CCCCC2Cl)cc1. The molecule has 0 spiro atoms. The van der Waals surface area contributed by atoms with Gasteiger partial charge in [0.1, 0.15) is 0 Å². The van der Waals surface area contributed by atoms with Crippen molar-refractivity contribution >= 4 is 21.7 Å². The molecule has 1 aliphatic rings. The highest BCUT2D eigenvalue weighted by Crippen LogP contribution is 2.29. The highest BCUT2D eigenvalue weighted by atomic mass is 35.5. The van der Waals surface area contributed by atoms with Crippen LogP contribution < -0.4 is 0 Å². The lowest BCUT2D eigenvalue weighted by atomic mass is 9.97. The molecule has 0 radical (unpaired) electrons. The van der Waals surface area contributed by atoms with E-state index in [-0.39, 0.29) is 10.3 Å². The minimum Gasteiger partial charge on any atom is -0.261 e. The average molecular weight is 331 g/mol. The molecule has 0 saturated heterocycles. The van der Waals surface area contributed by atoms with Crippen molar-refractivity contribution in [2.75, 3.05) is 0 Å². The smallest absolute Gasteiger partial charge is 0.261 e. The van der Waals surface area contributed by atoms with Crippen molar-refractivity contribution < 1.29 is 12.6 Å². The maximum atomic E-state index is 12.3. The maximum absolute atomic E-state index is 12.3. The van der Waals surface area contributed by atoms with Crippen LogP contribution >= 0.6 is 11.6 Å². The summed E-state index contributed by atoms with van der Waals surface area (Å²) in [7, 11) is -3.73. The summed E-state index contributed by atoms with van der Waals surface area (Å²) in [6.45, 7) is 4.24. The molecule has 3 nitrogen and oxygen atoms in total. The van der Waals surface area contributed by atoms with Crippen molar-refractivity contribution in [2.45, 2.75) is 68.2 Å². The molecular formula is C16H23ClO3S. The largest absolute Gasteiger partial charge is 0.297 e. The first kappa shape index (κ1) is 16.8. The molecule has 1 saturated carbocycles. The number of benzene rings is 1. The first-order valence-corrected chi connectivity index (χ1v) is 9.46. The van der Waals surface area contributed by atoms with Gasteiger partial charge >= 0.3 is 0 Å². The lowest BCUT2D eigenvalue weighted by Gasteiger charge is -2.26. The van der Waals surface area contributed by atoms with Gasteiger partial charge in [-0.1, -0.05) is 38.8 Å². The summed E-state index contributed by atoms with van der Waals surface area (Å²) in [4.78, 5) is 0.212. The molecule has 21 heavy (non-hydrogen) atoms. The molecule has 3 unspecified atom stereocenters. The zero-order valence-electron chi connectivity index (χ0n) is 12.6. The van der Waals surface area contributed by atoms with E-state index in [1.807, 2.05) is 12.1 Å². The zero-order valence-corrected chi connectivity index (χ0v) is 14.2. The lowest BCUT2D eigenvalue weighted by molar-refractivity contribution is 0.166. The van der Waals surface area contributed by atoms with Crippen LogP contribution in [0.5, 0.6) is 0 Å². The third kappa shape index (κ3) is 4.21. The molecular weight excluding hydrogens is 308 g/mol. The summed E-state index contributed by atoms with van der Waals surface area (Å²) < 4.78 is 30.0. The number of hydrogen-bond donors (Lipinski definition) is 0. The van der Waals surface area contributed by atoms with Gasteiger partial charge < -0.3 is 0 Å². The highest BCUT2D eigenvalue weighted by Gasteiger charge is 2.29. The van der Waals surface area contributed by atoms with Gasteiger partial charge in [-0.3, -0.25) is 4.18 Å². The van der Waals surface area contributed by atoms with Crippen LogP contribution in [0, 0.1) is 0 Å². The van der Waals surface area contributed by atoms with Crippen molar-refractivity contribution in [1.82, 2.24) is 0 Å². The summed E-state index contributed by atoms with van der Waals surface area (Å²) in [6, 6.07) is 6.98. The maximum Gasteiger partial charge on any atom is 0.297 e. The molecule has 1 aromatic rings. The van der Waals surface area contributed by atoms with Crippen LogP contribution in [0.3, 0.4) is 0 Å². The zero-order chi connectivity index (χ0) is 15.5. The molecule has 0 N–H and O–H groups in total. The Morgan fingerprint density at radius 2 is 1.86 bits per heavy atom. The Morgan fingerprint density at radius 1 is 1.24 bits per heavy atom. The van der Waals surface area contributed by atoms with Gasteiger partial charge in [0.2, 0.25) is 0 Å².